The highest BCUT2D eigenvalue weighted by Crippen LogP contribution is 2.26. The van der Waals surface area contributed by atoms with Crippen molar-refractivity contribution in [2.45, 2.75) is 33.2 Å². The Morgan fingerprint density at radius 2 is 1.90 bits per heavy atom. The normalized spacial score (nSPS) is 12.4. The summed E-state index contributed by atoms with van der Waals surface area (Å²) in [5, 5.41) is 3.50. The maximum absolute atomic E-state index is 5.89. The van der Waals surface area contributed by atoms with Gasteiger partial charge in [-0.15, -0.1) is 0 Å². The van der Waals surface area contributed by atoms with Crippen LogP contribution in [0.1, 0.15) is 37.4 Å². The summed E-state index contributed by atoms with van der Waals surface area (Å²) >= 11 is 0. The van der Waals surface area contributed by atoms with Gasteiger partial charge in [0.2, 0.25) is 0 Å². The second-order valence-corrected chi connectivity index (χ2v) is 5.17. The molecule has 0 heterocycles. The highest BCUT2D eigenvalue weighted by Gasteiger charge is 2.11. The predicted molar refractivity (Wildman–Crippen MR) is 86.1 cm³/mol. The van der Waals surface area contributed by atoms with Crippen LogP contribution in [0.25, 0.3) is 0 Å². The molecular formula is C17H29NO3. The van der Waals surface area contributed by atoms with Crippen molar-refractivity contribution in [1.29, 1.82) is 0 Å². The predicted octanol–water partition coefficient (Wildman–Crippen LogP) is 3.10. The Morgan fingerprint density at radius 1 is 1.14 bits per heavy atom. The lowest BCUT2D eigenvalue weighted by molar-refractivity contribution is 0.0542. The topological polar surface area (TPSA) is 39.7 Å². The van der Waals surface area contributed by atoms with Gasteiger partial charge in [-0.1, -0.05) is 19.1 Å². The van der Waals surface area contributed by atoms with Gasteiger partial charge in [0.25, 0.3) is 0 Å². The third-order valence-corrected chi connectivity index (χ3v) is 3.25. The van der Waals surface area contributed by atoms with E-state index in [9.17, 15) is 0 Å². The van der Waals surface area contributed by atoms with Crippen LogP contribution in [0.3, 0.4) is 0 Å². The van der Waals surface area contributed by atoms with Gasteiger partial charge in [-0.2, -0.15) is 0 Å². The molecule has 0 saturated heterocycles. The molecule has 0 fully saturated rings. The van der Waals surface area contributed by atoms with Crippen LogP contribution in [0, 0.1) is 6.92 Å². The first-order valence-electron chi connectivity index (χ1n) is 7.72. The Balaban J connectivity index is 2.52. The molecule has 0 amide bonds. The van der Waals surface area contributed by atoms with Crippen molar-refractivity contribution in [2.24, 2.45) is 0 Å². The summed E-state index contributed by atoms with van der Waals surface area (Å²) in [6, 6.07) is 6.65. The first-order chi connectivity index (χ1) is 10.2. The number of aryl methyl sites for hydroxylation is 1. The standard InChI is InChI=1S/C17H29NO3/c1-5-8-18-15(3)16-7-6-14(2)13-17(16)21-12-11-20-10-9-19-4/h6-7,13,15,18H,5,8-12H2,1-4H3. The summed E-state index contributed by atoms with van der Waals surface area (Å²) in [4.78, 5) is 0. The Morgan fingerprint density at radius 3 is 2.62 bits per heavy atom. The fraction of sp³-hybridized carbons (Fsp3) is 0.647. The largest absolute Gasteiger partial charge is 0.491 e. The van der Waals surface area contributed by atoms with Crippen molar-refractivity contribution in [3.8, 4) is 5.75 Å². The van der Waals surface area contributed by atoms with Gasteiger partial charge in [0.15, 0.2) is 0 Å². The van der Waals surface area contributed by atoms with Crippen LogP contribution in [0.15, 0.2) is 18.2 Å². The fourth-order valence-corrected chi connectivity index (χ4v) is 2.05. The molecule has 0 radical (unpaired) electrons. The van der Waals surface area contributed by atoms with Gasteiger partial charge in [-0.05, 0) is 38.4 Å². The number of methoxy groups -OCH3 is 1. The Labute approximate surface area is 128 Å². The summed E-state index contributed by atoms with van der Waals surface area (Å²) in [7, 11) is 1.67. The van der Waals surface area contributed by atoms with Crippen molar-refractivity contribution in [1.82, 2.24) is 5.32 Å². The van der Waals surface area contributed by atoms with Crippen LogP contribution in [0.5, 0.6) is 5.75 Å². The van der Waals surface area contributed by atoms with E-state index in [-0.39, 0.29) is 6.04 Å². The smallest absolute Gasteiger partial charge is 0.124 e. The number of ether oxygens (including phenoxy) is 3. The van der Waals surface area contributed by atoms with Gasteiger partial charge in [0, 0.05) is 18.7 Å². The molecule has 1 atom stereocenters. The zero-order chi connectivity index (χ0) is 15.5. The molecule has 1 rings (SSSR count). The Hall–Kier alpha value is -1.10. The average Bonchev–Trinajstić information content (AvgIpc) is 2.48. The van der Waals surface area contributed by atoms with E-state index in [4.69, 9.17) is 14.2 Å². The summed E-state index contributed by atoms with van der Waals surface area (Å²) in [5.41, 5.74) is 2.41. The molecule has 0 spiro atoms. The van der Waals surface area contributed by atoms with Crippen LogP contribution >= 0.6 is 0 Å². The van der Waals surface area contributed by atoms with E-state index in [1.54, 1.807) is 7.11 Å². The van der Waals surface area contributed by atoms with Gasteiger partial charge in [0.05, 0.1) is 19.8 Å². The maximum atomic E-state index is 5.89. The van der Waals surface area contributed by atoms with E-state index in [1.165, 1.54) is 11.1 Å². The van der Waals surface area contributed by atoms with Gasteiger partial charge in [-0.3, -0.25) is 0 Å². The molecule has 0 saturated carbocycles. The lowest BCUT2D eigenvalue weighted by Gasteiger charge is -2.19. The van der Waals surface area contributed by atoms with Crippen molar-refractivity contribution in [3.05, 3.63) is 29.3 Å². The Kier molecular flexibility index (Phi) is 9.06. The lowest BCUT2D eigenvalue weighted by atomic mass is 10.0. The van der Waals surface area contributed by atoms with E-state index in [1.807, 2.05) is 0 Å². The third-order valence-electron chi connectivity index (χ3n) is 3.25. The van der Waals surface area contributed by atoms with Crippen LogP contribution in [-0.4, -0.2) is 40.1 Å². The number of benzene rings is 1. The number of hydrogen-bond acceptors (Lipinski definition) is 4. The van der Waals surface area contributed by atoms with E-state index in [2.05, 4.69) is 44.3 Å². The molecule has 120 valence electrons. The number of hydrogen-bond donors (Lipinski definition) is 1. The fourth-order valence-electron chi connectivity index (χ4n) is 2.05. The minimum atomic E-state index is 0.287. The third kappa shape index (κ3) is 6.93. The highest BCUT2D eigenvalue weighted by molar-refractivity contribution is 5.39. The zero-order valence-corrected chi connectivity index (χ0v) is 13.8. The minimum Gasteiger partial charge on any atom is -0.491 e. The maximum Gasteiger partial charge on any atom is 0.124 e. The van der Waals surface area contributed by atoms with Crippen molar-refractivity contribution in [3.63, 3.8) is 0 Å². The molecule has 0 aromatic heterocycles. The van der Waals surface area contributed by atoms with E-state index in [0.717, 1.165) is 18.7 Å². The minimum absolute atomic E-state index is 0.287. The molecular weight excluding hydrogens is 266 g/mol. The van der Waals surface area contributed by atoms with Crippen LogP contribution in [0.4, 0.5) is 0 Å². The molecule has 4 nitrogen and oxygen atoms in total. The quantitative estimate of drug-likeness (QED) is 0.637. The molecule has 1 N–H and O–H groups in total. The van der Waals surface area contributed by atoms with Crippen LogP contribution in [-0.2, 0) is 9.47 Å². The van der Waals surface area contributed by atoms with Gasteiger partial charge in [-0.25, -0.2) is 0 Å². The van der Waals surface area contributed by atoms with Gasteiger partial charge < -0.3 is 19.5 Å². The van der Waals surface area contributed by atoms with Crippen molar-refractivity contribution in [2.75, 3.05) is 40.1 Å². The summed E-state index contributed by atoms with van der Waals surface area (Å²) < 4.78 is 16.3. The molecule has 0 aliphatic rings. The molecule has 1 aromatic rings. The molecule has 0 aliphatic carbocycles. The second-order valence-electron chi connectivity index (χ2n) is 5.17. The second kappa shape index (κ2) is 10.6. The van der Waals surface area contributed by atoms with Gasteiger partial charge in [0.1, 0.15) is 12.4 Å². The summed E-state index contributed by atoms with van der Waals surface area (Å²) in [6.45, 7) is 9.78. The molecule has 21 heavy (non-hydrogen) atoms. The van der Waals surface area contributed by atoms with Crippen molar-refractivity contribution >= 4 is 0 Å². The first-order valence-corrected chi connectivity index (χ1v) is 7.72. The van der Waals surface area contributed by atoms with E-state index < -0.39 is 0 Å². The lowest BCUT2D eigenvalue weighted by Crippen LogP contribution is -2.20. The SMILES string of the molecule is CCCNC(C)c1ccc(C)cc1OCCOCCOC. The number of nitrogens with one attached hydrogen (secondary N) is 1. The highest BCUT2D eigenvalue weighted by atomic mass is 16.5. The molecule has 0 bridgehead atoms. The first kappa shape index (κ1) is 18.0. The van der Waals surface area contributed by atoms with E-state index >= 15 is 0 Å². The average molecular weight is 295 g/mol. The molecule has 1 aromatic carbocycles. The summed E-state index contributed by atoms with van der Waals surface area (Å²) in [6.07, 6.45) is 1.12. The number of rotatable bonds is 11. The van der Waals surface area contributed by atoms with Crippen molar-refractivity contribution < 1.29 is 14.2 Å². The van der Waals surface area contributed by atoms with Crippen LogP contribution < -0.4 is 10.1 Å². The molecule has 4 heteroatoms. The molecule has 0 aliphatic heterocycles. The van der Waals surface area contributed by atoms with Crippen LogP contribution in [0.2, 0.25) is 0 Å². The summed E-state index contributed by atoms with van der Waals surface area (Å²) in [5.74, 6) is 0.946. The monoisotopic (exact) mass is 295 g/mol. The van der Waals surface area contributed by atoms with Gasteiger partial charge >= 0.3 is 0 Å². The zero-order valence-electron chi connectivity index (χ0n) is 13.8. The Bertz CT molecular complexity index is 396. The van der Waals surface area contributed by atoms with E-state index in [0.29, 0.717) is 26.4 Å². The molecule has 1 unspecified atom stereocenters.